The van der Waals surface area contributed by atoms with Crippen LogP contribution in [0, 0.1) is 19.8 Å². The Hall–Kier alpha value is -2.11. The molecule has 6 nitrogen and oxygen atoms in total. The molecule has 0 amide bonds. The normalized spacial score (nSPS) is 11.1. The number of carbonyl (C=O) groups is 1. The van der Waals surface area contributed by atoms with Crippen LogP contribution in [-0.2, 0) is 13.0 Å². The summed E-state index contributed by atoms with van der Waals surface area (Å²) in [6.07, 6.45) is 1.73. The van der Waals surface area contributed by atoms with Crippen molar-refractivity contribution >= 4 is 5.78 Å². The molecule has 6 heteroatoms. The maximum Gasteiger partial charge on any atom is 0.172 e. The van der Waals surface area contributed by atoms with Crippen molar-refractivity contribution < 1.29 is 4.79 Å². The third kappa shape index (κ3) is 3.26. The van der Waals surface area contributed by atoms with Crippen LogP contribution in [0.15, 0.2) is 12.4 Å². The second kappa shape index (κ2) is 5.90. The Morgan fingerprint density at radius 2 is 2.05 bits per heavy atom. The summed E-state index contributed by atoms with van der Waals surface area (Å²) in [4.78, 5) is 16.6. The predicted octanol–water partition coefficient (Wildman–Crippen LogP) is 1.77. The molecular weight excluding hydrogens is 254 g/mol. The van der Waals surface area contributed by atoms with E-state index in [1.165, 1.54) is 6.33 Å². The first-order valence-corrected chi connectivity index (χ1v) is 6.68. The highest BCUT2D eigenvalue weighted by molar-refractivity contribution is 5.98. The Morgan fingerprint density at radius 3 is 2.75 bits per heavy atom. The predicted molar refractivity (Wildman–Crippen MR) is 74.4 cm³/mol. The van der Waals surface area contributed by atoms with E-state index in [0.717, 1.165) is 12.2 Å². The van der Waals surface area contributed by atoms with Gasteiger partial charge in [0.1, 0.15) is 12.2 Å². The third-order valence-corrected chi connectivity index (χ3v) is 2.95. The van der Waals surface area contributed by atoms with Gasteiger partial charge in [0.15, 0.2) is 5.78 Å². The molecule has 0 aliphatic rings. The van der Waals surface area contributed by atoms with E-state index in [-0.39, 0.29) is 12.2 Å². The van der Waals surface area contributed by atoms with E-state index in [0.29, 0.717) is 23.0 Å². The van der Waals surface area contributed by atoms with Crippen molar-refractivity contribution in [3.8, 4) is 0 Å². The van der Waals surface area contributed by atoms with Gasteiger partial charge in [-0.15, -0.1) is 0 Å². The van der Waals surface area contributed by atoms with Crippen LogP contribution in [-0.4, -0.2) is 30.7 Å². The molecule has 2 aromatic heterocycles. The molecule has 0 aliphatic heterocycles. The molecule has 0 spiro atoms. The summed E-state index contributed by atoms with van der Waals surface area (Å²) in [7, 11) is 0. The minimum atomic E-state index is -0.00138. The number of aryl methyl sites for hydroxylation is 2. The summed E-state index contributed by atoms with van der Waals surface area (Å²) < 4.78 is 1.79. The van der Waals surface area contributed by atoms with Gasteiger partial charge in [-0.1, -0.05) is 13.8 Å². The van der Waals surface area contributed by atoms with Gasteiger partial charge in [0, 0.05) is 12.1 Å². The molecule has 0 saturated heterocycles. The zero-order valence-electron chi connectivity index (χ0n) is 12.3. The minimum Gasteiger partial charge on any atom is -0.294 e. The third-order valence-electron chi connectivity index (χ3n) is 2.95. The van der Waals surface area contributed by atoms with Crippen molar-refractivity contribution in [2.45, 2.75) is 40.7 Å². The number of nitrogens with zero attached hydrogens (tertiary/aromatic N) is 5. The zero-order chi connectivity index (χ0) is 14.7. The molecule has 0 radical (unpaired) electrons. The SMILES string of the molecule is Cc1cc(C(=O)Cc2ncnn2CC(C)C)c(C)nn1. The number of carbonyl (C=O) groups excluding carboxylic acids is 1. The van der Waals surface area contributed by atoms with Gasteiger partial charge in [-0.3, -0.25) is 4.79 Å². The first kappa shape index (κ1) is 14.3. The average molecular weight is 273 g/mol. The Bertz CT molecular complexity index is 618. The van der Waals surface area contributed by atoms with E-state index in [1.807, 2.05) is 6.92 Å². The Balaban J connectivity index is 2.20. The highest BCUT2D eigenvalue weighted by Crippen LogP contribution is 2.10. The number of rotatable bonds is 5. The Labute approximate surface area is 118 Å². The lowest BCUT2D eigenvalue weighted by Crippen LogP contribution is -2.15. The summed E-state index contributed by atoms with van der Waals surface area (Å²) in [5.74, 6) is 1.15. The number of hydrogen-bond acceptors (Lipinski definition) is 5. The summed E-state index contributed by atoms with van der Waals surface area (Å²) in [6, 6.07) is 1.77. The lowest BCUT2D eigenvalue weighted by molar-refractivity contribution is 0.0987. The van der Waals surface area contributed by atoms with Crippen LogP contribution in [0.4, 0.5) is 0 Å². The molecular formula is C14H19N5O. The van der Waals surface area contributed by atoms with Gasteiger partial charge in [0.2, 0.25) is 0 Å². The van der Waals surface area contributed by atoms with Gasteiger partial charge in [-0.25, -0.2) is 9.67 Å². The minimum absolute atomic E-state index is 0.00138. The largest absolute Gasteiger partial charge is 0.294 e. The lowest BCUT2D eigenvalue weighted by atomic mass is 10.1. The van der Waals surface area contributed by atoms with Gasteiger partial charge >= 0.3 is 0 Å². The molecule has 2 heterocycles. The fourth-order valence-corrected chi connectivity index (χ4v) is 1.99. The van der Waals surface area contributed by atoms with Crippen LogP contribution in [0.25, 0.3) is 0 Å². The average Bonchev–Trinajstić information content (AvgIpc) is 2.78. The van der Waals surface area contributed by atoms with Gasteiger partial charge in [0.25, 0.3) is 0 Å². The molecule has 0 saturated carbocycles. The monoisotopic (exact) mass is 273 g/mol. The van der Waals surface area contributed by atoms with E-state index < -0.39 is 0 Å². The molecule has 0 fully saturated rings. The maximum atomic E-state index is 12.4. The molecule has 0 aromatic carbocycles. The molecule has 2 rings (SSSR count). The molecule has 20 heavy (non-hydrogen) atoms. The van der Waals surface area contributed by atoms with Gasteiger partial charge in [-0.2, -0.15) is 15.3 Å². The molecule has 0 N–H and O–H groups in total. The summed E-state index contributed by atoms with van der Waals surface area (Å²) >= 11 is 0. The molecule has 0 aliphatic carbocycles. The fourth-order valence-electron chi connectivity index (χ4n) is 1.99. The van der Waals surface area contributed by atoms with Crippen molar-refractivity contribution in [1.82, 2.24) is 25.0 Å². The topological polar surface area (TPSA) is 73.6 Å². The van der Waals surface area contributed by atoms with Crippen LogP contribution in [0.1, 0.15) is 41.4 Å². The molecule has 106 valence electrons. The van der Waals surface area contributed by atoms with E-state index in [1.54, 1.807) is 17.7 Å². The van der Waals surface area contributed by atoms with E-state index >= 15 is 0 Å². The number of aromatic nitrogens is 5. The Morgan fingerprint density at radius 1 is 1.30 bits per heavy atom. The van der Waals surface area contributed by atoms with Crippen LogP contribution in [0.2, 0.25) is 0 Å². The van der Waals surface area contributed by atoms with Crippen molar-refractivity contribution in [3.63, 3.8) is 0 Å². The number of hydrogen-bond donors (Lipinski definition) is 0. The summed E-state index contributed by atoms with van der Waals surface area (Å²) in [5, 5.41) is 12.1. The van der Waals surface area contributed by atoms with Crippen LogP contribution in [0.5, 0.6) is 0 Å². The van der Waals surface area contributed by atoms with E-state index in [4.69, 9.17) is 0 Å². The van der Waals surface area contributed by atoms with E-state index in [2.05, 4.69) is 34.1 Å². The van der Waals surface area contributed by atoms with Crippen LogP contribution in [0.3, 0.4) is 0 Å². The van der Waals surface area contributed by atoms with Crippen molar-refractivity contribution in [1.29, 1.82) is 0 Å². The van der Waals surface area contributed by atoms with Crippen molar-refractivity contribution in [3.05, 3.63) is 35.2 Å². The molecule has 0 unspecified atom stereocenters. The van der Waals surface area contributed by atoms with E-state index in [9.17, 15) is 4.79 Å². The maximum absolute atomic E-state index is 12.4. The number of Topliss-reactive ketones (excluding diaryl/α,β-unsaturated/α-hetero) is 1. The molecule has 0 atom stereocenters. The molecule has 2 aromatic rings. The van der Waals surface area contributed by atoms with Crippen molar-refractivity contribution in [2.75, 3.05) is 0 Å². The fraction of sp³-hybridized carbons (Fsp3) is 0.500. The standard InChI is InChI=1S/C14H19N5O/c1-9(2)7-19-14(15-8-16-19)6-13(20)12-5-10(3)17-18-11(12)4/h5,8-9H,6-7H2,1-4H3. The van der Waals surface area contributed by atoms with Crippen LogP contribution >= 0.6 is 0 Å². The lowest BCUT2D eigenvalue weighted by Gasteiger charge is -2.08. The van der Waals surface area contributed by atoms with Crippen LogP contribution < -0.4 is 0 Å². The molecule has 0 bridgehead atoms. The highest BCUT2D eigenvalue weighted by Gasteiger charge is 2.16. The Kier molecular flexibility index (Phi) is 4.22. The first-order valence-electron chi connectivity index (χ1n) is 6.68. The second-order valence-corrected chi connectivity index (χ2v) is 5.34. The zero-order valence-corrected chi connectivity index (χ0v) is 12.3. The smallest absolute Gasteiger partial charge is 0.172 e. The van der Waals surface area contributed by atoms with Gasteiger partial charge in [0.05, 0.1) is 17.8 Å². The van der Waals surface area contributed by atoms with Gasteiger partial charge < -0.3 is 0 Å². The van der Waals surface area contributed by atoms with Crippen molar-refractivity contribution in [2.24, 2.45) is 5.92 Å². The second-order valence-electron chi connectivity index (χ2n) is 5.34. The summed E-state index contributed by atoms with van der Waals surface area (Å²) in [5.41, 5.74) is 2.00. The van der Waals surface area contributed by atoms with Gasteiger partial charge in [-0.05, 0) is 25.8 Å². The quantitative estimate of drug-likeness (QED) is 0.776. The summed E-state index contributed by atoms with van der Waals surface area (Å²) in [6.45, 7) is 8.58. The number of ketones is 1. The highest BCUT2D eigenvalue weighted by atomic mass is 16.1. The first-order chi connectivity index (χ1) is 9.47.